The third kappa shape index (κ3) is 5.92. The third-order valence-electron chi connectivity index (χ3n) is 9.44. The lowest BCUT2D eigenvalue weighted by atomic mass is 9.96. The monoisotopic (exact) mass is 671 g/mol. The Labute approximate surface area is 283 Å². The molecule has 48 heavy (non-hydrogen) atoms. The summed E-state index contributed by atoms with van der Waals surface area (Å²) in [5.74, 6) is -0.322. The number of aromatic nitrogens is 3. The van der Waals surface area contributed by atoms with Crippen molar-refractivity contribution in [2.24, 2.45) is 20.0 Å². The number of carbonyl (C=O) groups excluding carboxylic acids is 2. The number of halogens is 1. The van der Waals surface area contributed by atoms with Crippen LogP contribution < -0.4 is 21.3 Å². The molecule has 1 aliphatic carbocycles. The Morgan fingerprint density at radius 2 is 1.79 bits per heavy atom. The molecule has 2 aromatic heterocycles. The number of benzene rings is 2. The molecule has 12 heteroatoms. The quantitative estimate of drug-likeness (QED) is 0.262. The first-order chi connectivity index (χ1) is 23.0. The van der Waals surface area contributed by atoms with E-state index >= 15 is 0 Å². The van der Waals surface area contributed by atoms with Crippen LogP contribution in [0.2, 0.25) is 5.02 Å². The Kier molecular flexibility index (Phi) is 9.26. The zero-order valence-corrected chi connectivity index (χ0v) is 28.4. The van der Waals surface area contributed by atoms with Crippen LogP contribution in [0.25, 0.3) is 22.4 Å². The largest absolute Gasteiger partial charge is 0.481 e. The second-order valence-corrected chi connectivity index (χ2v) is 12.7. The molecule has 4 aromatic rings. The van der Waals surface area contributed by atoms with Crippen molar-refractivity contribution in [3.63, 3.8) is 0 Å². The average molecular weight is 672 g/mol. The zero-order valence-electron chi connectivity index (χ0n) is 27.6. The molecule has 0 bridgehead atoms. The van der Waals surface area contributed by atoms with E-state index in [1.807, 2.05) is 44.2 Å². The number of amides is 1. The van der Waals surface area contributed by atoms with Crippen molar-refractivity contribution in [3.05, 3.63) is 96.8 Å². The average Bonchev–Trinajstić information content (AvgIpc) is 3.74. The van der Waals surface area contributed by atoms with E-state index in [1.54, 1.807) is 13.2 Å². The van der Waals surface area contributed by atoms with Gasteiger partial charge in [-0.2, -0.15) is 0 Å². The number of hydrogen-bond donors (Lipinski definition) is 1. The number of rotatable bonds is 8. The summed E-state index contributed by atoms with van der Waals surface area (Å²) in [4.78, 5) is 57.6. The fourth-order valence-electron chi connectivity index (χ4n) is 6.92. The number of aryl methyl sites for hydroxylation is 2. The van der Waals surface area contributed by atoms with Crippen molar-refractivity contribution >= 4 is 29.2 Å². The van der Waals surface area contributed by atoms with Gasteiger partial charge in [-0.15, -0.1) is 0 Å². The van der Waals surface area contributed by atoms with Gasteiger partial charge in [0.05, 0.1) is 30.4 Å². The van der Waals surface area contributed by atoms with Crippen LogP contribution in [-0.4, -0.2) is 57.7 Å². The second-order valence-electron chi connectivity index (χ2n) is 12.3. The van der Waals surface area contributed by atoms with Gasteiger partial charge in [0.1, 0.15) is 5.56 Å². The van der Waals surface area contributed by atoms with Crippen LogP contribution in [0.15, 0.2) is 58.3 Å². The maximum absolute atomic E-state index is 13.2. The molecule has 6 rings (SSSR count). The minimum Gasteiger partial charge on any atom is -0.481 e. The summed E-state index contributed by atoms with van der Waals surface area (Å²) in [5, 5.41) is 3.33. The number of methoxy groups -OCH3 is 1. The highest BCUT2D eigenvalue weighted by molar-refractivity contribution is 6.36. The third-order valence-corrected chi connectivity index (χ3v) is 9.85. The Hall–Kier alpha value is -4.74. The smallest absolute Gasteiger partial charge is 0.330 e. The van der Waals surface area contributed by atoms with Crippen molar-refractivity contribution in [2.75, 3.05) is 32.1 Å². The molecule has 250 valence electrons. The number of nitrogens with one attached hydrogen (secondary N) is 1. The van der Waals surface area contributed by atoms with Crippen molar-refractivity contribution in [2.45, 2.75) is 39.2 Å². The second kappa shape index (κ2) is 13.4. The lowest BCUT2D eigenvalue weighted by molar-refractivity contribution is -0.147. The van der Waals surface area contributed by atoms with E-state index in [0.717, 1.165) is 63.8 Å². The number of ether oxygens (including phenoxy) is 2. The van der Waals surface area contributed by atoms with Crippen LogP contribution in [0.1, 0.15) is 52.9 Å². The summed E-state index contributed by atoms with van der Waals surface area (Å²) in [6.07, 6.45) is 3.77. The van der Waals surface area contributed by atoms with Gasteiger partial charge >= 0.3 is 11.7 Å². The maximum Gasteiger partial charge on any atom is 0.330 e. The predicted molar refractivity (Wildman–Crippen MR) is 184 cm³/mol. The number of anilines is 1. The fraction of sp³-hybridized carbons (Fsp3) is 0.361. The van der Waals surface area contributed by atoms with Crippen LogP contribution in [0, 0.1) is 12.8 Å². The minimum atomic E-state index is -0.676. The van der Waals surface area contributed by atoms with Gasteiger partial charge in [-0.3, -0.25) is 23.9 Å². The first-order valence-electron chi connectivity index (χ1n) is 16.0. The Balaban J connectivity index is 1.30. The first kappa shape index (κ1) is 33.2. The van der Waals surface area contributed by atoms with Gasteiger partial charge in [-0.1, -0.05) is 41.9 Å². The van der Waals surface area contributed by atoms with Gasteiger partial charge in [0, 0.05) is 55.3 Å². The standard InChI is InChI=1S/C36H38ClN5O6/c1-6-48-35(45)22-15-16-42(18-22)29-14-13-21-17-28(39-33(47-5)30(21)29)25-11-7-10-24(31(25)37)23-9-8-12-27(20(23)2)38-32(43)26-19-40(3)36(46)41(4)34(26)44/h7-12,17,19,22,29H,6,13-16,18H2,1-5H3,(H,38,43)/t22-,29-/m0/s1. The van der Waals surface area contributed by atoms with E-state index < -0.39 is 17.2 Å². The zero-order chi connectivity index (χ0) is 34.3. The lowest BCUT2D eigenvalue weighted by Gasteiger charge is -2.25. The highest BCUT2D eigenvalue weighted by Crippen LogP contribution is 2.46. The van der Waals surface area contributed by atoms with E-state index in [9.17, 15) is 19.2 Å². The Bertz CT molecular complexity index is 2050. The molecule has 2 atom stereocenters. The van der Waals surface area contributed by atoms with Crippen molar-refractivity contribution < 1.29 is 19.1 Å². The molecule has 1 aliphatic heterocycles. The topological polar surface area (TPSA) is 125 Å². The lowest BCUT2D eigenvalue weighted by Crippen LogP contribution is -2.40. The van der Waals surface area contributed by atoms with Gasteiger partial charge in [-0.25, -0.2) is 9.78 Å². The van der Waals surface area contributed by atoms with Gasteiger partial charge in [0.25, 0.3) is 11.5 Å². The minimum absolute atomic E-state index is 0.110. The molecule has 1 amide bonds. The first-order valence-corrected chi connectivity index (χ1v) is 16.4. The molecular weight excluding hydrogens is 634 g/mol. The molecule has 2 aliphatic rings. The van der Waals surface area contributed by atoms with Crippen molar-refractivity contribution in [1.29, 1.82) is 0 Å². The van der Waals surface area contributed by atoms with Gasteiger partial charge in [-0.05, 0) is 68.5 Å². The molecule has 0 saturated carbocycles. The van der Waals surface area contributed by atoms with Gasteiger partial charge in [0.15, 0.2) is 0 Å². The number of hydrogen-bond acceptors (Lipinski definition) is 8. The highest BCUT2D eigenvalue weighted by atomic mass is 35.5. The molecular formula is C36H38ClN5O6. The highest BCUT2D eigenvalue weighted by Gasteiger charge is 2.38. The van der Waals surface area contributed by atoms with Crippen LogP contribution >= 0.6 is 11.6 Å². The summed E-state index contributed by atoms with van der Waals surface area (Å²) >= 11 is 7.13. The van der Waals surface area contributed by atoms with Crippen LogP contribution in [-0.2, 0) is 30.0 Å². The van der Waals surface area contributed by atoms with Crippen LogP contribution in [0.3, 0.4) is 0 Å². The maximum atomic E-state index is 13.2. The molecule has 1 saturated heterocycles. The molecule has 0 spiro atoms. The van der Waals surface area contributed by atoms with Gasteiger partial charge < -0.3 is 19.4 Å². The van der Waals surface area contributed by atoms with E-state index in [0.29, 0.717) is 35.4 Å². The summed E-state index contributed by atoms with van der Waals surface area (Å²) in [5.41, 5.74) is 5.10. The van der Waals surface area contributed by atoms with E-state index in [2.05, 4.69) is 16.3 Å². The molecule has 1 N–H and O–H groups in total. The summed E-state index contributed by atoms with van der Waals surface area (Å²) < 4.78 is 13.2. The molecule has 11 nitrogen and oxygen atoms in total. The van der Waals surface area contributed by atoms with E-state index in [4.69, 9.17) is 26.1 Å². The SMILES string of the molecule is CCOC(=O)[C@H]1CCN([C@H]2CCc3cc(-c4cccc(-c5cccc(NC(=O)c6cn(C)c(=O)n(C)c6=O)c5C)c4Cl)nc(OC)c32)C1. The molecule has 3 heterocycles. The Morgan fingerprint density at radius 3 is 2.54 bits per heavy atom. The summed E-state index contributed by atoms with van der Waals surface area (Å²) in [6, 6.07) is 13.4. The number of likely N-dealkylation sites (tertiary alicyclic amines) is 1. The molecule has 2 aromatic carbocycles. The normalized spacial score (nSPS) is 17.3. The number of fused-ring (bicyclic) bond motifs is 1. The van der Waals surface area contributed by atoms with Crippen molar-refractivity contribution in [1.82, 2.24) is 19.0 Å². The van der Waals surface area contributed by atoms with Crippen LogP contribution in [0.4, 0.5) is 5.69 Å². The number of carbonyl (C=O) groups is 2. The van der Waals surface area contributed by atoms with Gasteiger partial charge in [0.2, 0.25) is 5.88 Å². The summed E-state index contributed by atoms with van der Waals surface area (Å²) in [6.45, 7) is 5.55. The Morgan fingerprint density at radius 1 is 1.06 bits per heavy atom. The number of esters is 1. The number of nitrogens with zero attached hydrogens (tertiary/aromatic N) is 4. The van der Waals surface area contributed by atoms with E-state index in [-0.39, 0.29) is 23.5 Å². The van der Waals surface area contributed by atoms with E-state index in [1.165, 1.54) is 24.9 Å². The fourth-order valence-corrected chi connectivity index (χ4v) is 7.24. The molecule has 0 unspecified atom stereocenters. The van der Waals surface area contributed by atoms with Crippen LogP contribution in [0.5, 0.6) is 5.88 Å². The molecule has 0 radical (unpaired) electrons. The number of pyridine rings is 1. The summed E-state index contributed by atoms with van der Waals surface area (Å²) in [7, 11) is 4.45. The molecule has 1 fully saturated rings. The predicted octanol–water partition coefficient (Wildman–Crippen LogP) is 4.91. The van der Waals surface area contributed by atoms with Crippen molar-refractivity contribution in [3.8, 4) is 28.3 Å².